The number of rotatable bonds is 7. The van der Waals surface area contributed by atoms with E-state index >= 15 is 0 Å². The SMILES string of the molecule is CCOC(=O)C1=C(COC(=O)c2cccc(COC)c2)NC(=O)N[C@H]1C. The van der Waals surface area contributed by atoms with E-state index in [0.29, 0.717) is 12.2 Å². The van der Waals surface area contributed by atoms with Gasteiger partial charge >= 0.3 is 18.0 Å². The zero-order valence-corrected chi connectivity index (χ0v) is 15.0. The van der Waals surface area contributed by atoms with E-state index in [9.17, 15) is 14.4 Å². The molecular weight excluding hydrogens is 340 g/mol. The van der Waals surface area contributed by atoms with Gasteiger partial charge in [0, 0.05) is 7.11 Å². The third kappa shape index (κ3) is 4.82. The van der Waals surface area contributed by atoms with E-state index in [-0.39, 0.29) is 24.5 Å². The van der Waals surface area contributed by atoms with Gasteiger partial charge in [0.2, 0.25) is 0 Å². The average Bonchev–Trinajstić information content (AvgIpc) is 2.59. The van der Waals surface area contributed by atoms with E-state index in [0.717, 1.165) is 5.56 Å². The zero-order chi connectivity index (χ0) is 19.1. The summed E-state index contributed by atoms with van der Waals surface area (Å²) in [6.45, 7) is 3.66. The molecule has 2 N–H and O–H groups in total. The normalized spacial score (nSPS) is 16.6. The third-order valence-electron chi connectivity index (χ3n) is 3.69. The molecule has 140 valence electrons. The number of benzene rings is 1. The lowest BCUT2D eigenvalue weighted by atomic mass is 10.0. The molecule has 2 rings (SSSR count). The molecule has 0 unspecified atom stereocenters. The van der Waals surface area contributed by atoms with Crippen LogP contribution in [0, 0.1) is 0 Å². The topological polar surface area (TPSA) is 103 Å². The lowest BCUT2D eigenvalue weighted by molar-refractivity contribution is -0.139. The number of methoxy groups -OCH3 is 1. The molecule has 0 bridgehead atoms. The van der Waals surface area contributed by atoms with Crippen molar-refractivity contribution in [3.8, 4) is 0 Å². The third-order valence-corrected chi connectivity index (χ3v) is 3.69. The molecule has 1 aromatic rings. The molecular formula is C18H22N2O6. The highest BCUT2D eigenvalue weighted by molar-refractivity contribution is 5.95. The molecule has 8 heteroatoms. The monoisotopic (exact) mass is 362 g/mol. The second-order valence-electron chi connectivity index (χ2n) is 5.64. The van der Waals surface area contributed by atoms with Crippen LogP contribution in [0.15, 0.2) is 35.5 Å². The molecule has 0 fully saturated rings. The maximum Gasteiger partial charge on any atom is 0.338 e. The summed E-state index contributed by atoms with van der Waals surface area (Å²) in [7, 11) is 1.56. The molecule has 1 aliphatic heterocycles. The van der Waals surface area contributed by atoms with Crippen LogP contribution >= 0.6 is 0 Å². The molecule has 8 nitrogen and oxygen atoms in total. The van der Waals surface area contributed by atoms with E-state index in [4.69, 9.17) is 14.2 Å². The summed E-state index contributed by atoms with van der Waals surface area (Å²) in [5.74, 6) is -1.14. The van der Waals surface area contributed by atoms with Crippen molar-refractivity contribution >= 4 is 18.0 Å². The molecule has 0 aliphatic carbocycles. The van der Waals surface area contributed by atoms with Gasteiger partial charge in [0.05, 0.1) is 36.1 Å². The van der Waals surface area contributed by atoms with Gasteiger partial charge in [0.25, 0.3) is 0 Å². The van der Waals surface area contributed by atoms with Crippen molar-refractivity contribution in [3.63, 3.8) is 0 Å². The van der Waals surface area contributed by atoms with Gasteiger partial charge in [-0.3, -0.25) is 0 Å². The fraction of sp³-hybridized carbons (Fsp3) is 0.389. The zero-order valence-electron chi connectivity index (χ0n) is 15.0. The molecule has 1 atom stereocenters. The molecule has 1 heterocycles. The van der Waals surface area contributed by atoms with Crippen LogP contribution in [0.25, 0.3) is 0 Å². The highest BCUT2D eigenvalue weighted by Gasteiger charge is 2.30. The number of nitrogens with one attached hydrogen (secondary N) is 2. The van der Waals surface area contributed by atoms with Crippen molar-refractivity contribution in [2.75, 3.05) is 20.3 Å². The Kier molecular flexibility index (Phi) is 6.74. The molecule has 0 radical (unpaired) electrons. The van der Waals surface area contributed by atoms with Crippen LogP contribution in [0.2, 0.25) is 0 Å². The Labute approximate surface area is 151 Å². The summed E-state index contributed by atoms with van der Waals surface area (Å²) in [4.78, 5) is 36.1. The highest BCUT2D eigenvalue weighted by Crippen LogP contribution is 2.15. The molecule has 0 saturated heterocycles. The highest BCUT2D eigenvalue weighted by atomic mass is 16.5. The molecule has 1 aliphatic rings. The van der Waals surface area contributed by atoms with Gasteiger partial charge < -0.3 is 24.8 Å². The largest absolute Gasteiger partial charge is 0.463 e. The van der Waals surface area contributed by atoms with Crippen molar-refractivity contribution in [1.82, 2.24) is 10.6 Å². The Bertz CT molecular complexity index is 728. The molecule has 26 heavy (non-hydrogen) atoms. The number of ether oxygens (including phenoxy) is 3. The summed E-state index contributed by atoms with van der Waals surface area (Å²) >= 11 is 0. The number of amides is 2. The molecule has 2 amide bonds. The van der Waals surface area contributed by atoms with Crippen molar-refractivity contribution in [2.24, 2.45) is 0 Å². The van der Waals surface area contributed by atoms with Gasteiger partial charge in [-0.2, -0.15) is 0 Å². The smallest absolute Gasteiger partial charge is 0.338 e. The average molecular weight is 362 g/mol. The quantitative estimate of drug-likeness (QED) is 0.713. The lowest BCUT2D eigenvalue weighted by Gasteiger charge is -2.26. The van der Waals surface area contributed by atoms with E-state index in [1.54, 1.807) is 39.2 Å². The van der Waals surface area contributed by atoms with Crippen molar-refractivity contribution in [2.45, 2.75) is 26.5 Å². The molecule has 0 aromatic heterocycles. The van der Waals surface area contributed by atoms with E-state index < -0.39 is 24.0 Å². The van der Waals surface area contributed by atoms with Gasteiger partial charge in [-0.25, -0.2) is 14.4 Å². The van der Waals surface area contributed by atoms with Crippen LogP contribution in [-0.4, -0.2) is 44.3 Å². The first-order valence-corrected chi connectivity index (χ1v) is 8.19. The second-order valence-corrected chi connectivity index (χ2v) is 5.64. The van der Waals surface area contributed by atoms with Crippen LogP contribution in [0.3, 0.4) is 0 Å². The number of carbonyl (C=O) groups excluding carboxylic acids is 3. The summed E-state index contributed by atoms with van der Waals surface area (Å²) in [6.07, 6.45) is 0. The van der Waals surface area contributed by atoms with Crippen LogP contribution in [0.4, 0.5) is 4.79 Å². The minimum absolute atomic E-state index is 0.197. The lowest BCUT2D eigenvalue weighted by Crippen LogP contribution is -2.50. The first kappa shape index (κ1) is 19.5. The van der Waals surface area contributed by atoms with E-state index in [1.165, 1.54) is 0 Å². The van der Waals surface area contributed by atoms with Crippen molar-refractivity contribution in [1.29, 1.82) is 0 Å². The molecule has 0 spiro atoms. The van der Waals surface area contributed by atoms with Crippen LogP contribution in [0.1, 0.15) is 29.8 Å². The number of urea groups is 1. The minimum Gasteiger partial charge on any atom is -0.463 e. The Balaban J connectivity index is 2.14. The summed E-state index contributed by atoms with van der Waals surface area (Å²) in [5.41, 5.74) is 1.62. The standard InChI is InChI=1S/C18H22N2O6/c1-4-25-17(22)15-11(2)19-18(23)20-14(15)10-26-16(21)13-7-5-6-12(8-13)9-24-3/h5-8,11H,4,9-10H2,1-3H3,(H2,19,20,23)/t11-/m0/s1. The number of esters is 2. The van der Waals surface area contributed by atoms with Crippen LogP contribution in [0.5, 0.6) is 0 Å². The second kappa shape index (κ2) is 9.00. The number of hydrogen-bond donors (Lipinski definition) is 2. The van der Waals surface area contributed by atoms with E-state index in [2.05, 4.69) is 10.6 Å². The summed E-state index contributed by atoms with van der Waals surface area (Å²) in [6, 6.07) is 5.81. The van der Waals surface area contributed by atoms with Gasteiger partial charge in [0.15, 0.2) is 0 Å². The van der Waals surface area contributed by atoms with Gasteiger partial charge in [-0.05, 0) is 31.5 Å². The maximum absolute atomic E-state index is 12.3. The number of hydrogen-bond acceptors (Lipinski definition) is 6. The fourth-order valence-corrected chi connectivity index (χ4v) is 2.57. The van der Waals surface area contributed by atoms with Crippen molar-refractivity contribution in [3.05, 3.63) is 46.7 Å². The summed E-state index contributed by atoms with van der Waals surface area (Å²) in [5, 5.41) is 5.08. The minimum atomic E-state index is -0.570. The van der Waals surface area contributed by atoms with Crippen LogP contribution in [-0.2, 0) is 25.6 Å². The van der Waals surface area contributed by atoms with Crippen molar-refractivity contribution < 1.29 is 28.6 Å². The predicted molar refractivity (Wildman–Crippen MR) is 92.2 cm³/mol. The Hall–Kier alpha value is -2.87. The number of carbonyl (C=O) groups is 3. The Morgan fingerprint density at radius 3 is 2.62 bits per heavy atom. The molecule has 0 saturated carbocycles. The van der Waals surface area contributed by atoms with E-state index in [1.807, 2.05) is 6.07 Å². The first-order chi connectivity index (χ1) is 12.5. The molecule has 1 aromatic carbocycles. The van der Waals surface area contributed by atoms with Gasteiger partial charge in [-0.15, -0.1) is 0 Å². The first-order valence-electron chi connectivity index (χ1n) is 8.19. The fourth-order valence-electron chi connectivity index (χ4n) is 2.57. The Morgan fingerprint density at radius 1 is 1.15 bits per heavy atom. The van der Waals surface area contributed by atoms with Gasteiger partial charge in [0.1, 0.15) is 6.61 Å². The summed E-state index contributed by atoms with van der Waals surface area (Å²) < 4.78 is 15.3. The Morgan fingerprint density at radius 2 is 1.92 bits per heavy atom. The maximum atomic E-state index is 12.3. The van der Waals surface area contributed by atoms with Crippen LogP contribution < -0.4 is 10.6 Å². The van der Waals surface area contributed by atoms with Gasteiger partial charge in [-0.1, -0.05) is 12.1 Å². The predicted octanol–water partition coefficient (Wildman–Crippen LogP) is 1.51.